The van der Waals surface area contributed by atoms with E-state index in [9.17, 15) is 0 Å². The van der Waals surface area contributed by atoms with E-state index >= 15 is 0 Å². The molecule has 0 aliphatic heterocycles. The molecule has 0 aliphatic rings. The van der Waals surface area contributed by atoms with Gasteiger partial charge in [-0.25, -0.2) is 0 Å². The summed E-state index contributed by atoms with van der Waals surface area (Å²) in [5, 5.41) is 0. The predicted octanol–water partition coefficient (Wildman–Crippen LogP) is 4.14. The molecule has 1 atom stereocenters. The van der Waals surface area contributed by atoms with E-state index in [1.54, 1.807) is 0 Å². The summed E-state index contributed by atoms with van der Waals surface area (Å²) in [6.07, 6.45) is 0.141. The van der Waals surface area contributed by atoms with Crippen molar-refractivity contribution in [2.75, 3.05) is 0 Å². The average molecular weight is 269 g/mol. The van der Waals surface area contributed by atoms with Crippen LogP contribution in [0.4, 0.5) is 0 Å². The van der Waals surface area contributed by atoms with Crippen LogP contribution in [-0.4, -0.2) is 6.10 Å². The molecule has 1 unspecified atom stereocenters. The molecule has 0 fully saturated rings. The highest BCUT2D eigenvalue weighted by Crippen LogP contribution is 2.31. The minimum absolute atomic E-state index is 0.141. The molecular weight excluding hydrogens is 246 g/mol. The third-order valence-corrected chi connectivity index (χ3v) is 3.60. The summed E-state index contributed by atoms with van der Waals surface area (Å²) >= 11 is 0. The van der Waals surface area contributed by atoms with Crippen molar-refractivity contribution >= 4 is 0 Å². The van der Waals surface area contributed by atoms with E-state index in [-0.39, 0.29) is 12.1 Å². The summed E-state index contributed by atoms with van der Waals surface area (Å²) in [6.45, 7) is 8.29. The fourth-order valence-corrected chi connectivity index (χ4v) is 2.38. The second-order valence-electron chi connectivity index (χ2n) is 5.47. The highest BCUT2D eigenvalue weighted by atomic mass is 16.5. The number of aryl methyl sites for hydroxylation is 1. The van der Waals surface area contributed by atoms with Crippen molar-refractivity contribution in [3.05, 3.63) is 64.7 Å². The van der Waals surface area contributed by atoms with Gasteiger partial charge >= 0.3 is 0 Å². The Morgan fingerprint density at radius 1 is 0.900 bits per heavy atom. The molecule has 2 rings (SSSR count). The van der Waals surface area contributed by atoms with E-state index < -0.39 is 0 Å². The Labute approximate surface area is 121 Å². The lowest BCUT2D eigenvalue weighted by molar-refractivity contribution is 0.239. The maximum absolute atomic E-state index is 6.48. The Kier molecular flexibility index (Phi) is 4.46. The van der Waals surface area contributed by atoms with E-state index in [0.29, 0.717) is 0 Å². The maximum atomic E-state index is 6.48. The first-order valence-corrected chi connectivity index (χ1v) is 7.08. The molecule has 0 radical (unpaired) electrons. The summed E-state index contributed by atoms with van der Waals surface area (Å²) in [5.41, 5.74) is 11.2. The van der Waals surface area contributed by atoms with Crippen molar-refractivity contribution in [1.29, 1.82) is 0 Å². The molecular formula is C18H23NO. The number of hydrogen-bond acceptors (Lipinski definition) is 2. The normalized spacial score (nSPS) is 12.5. The molecule has 106 valence electrons. The SMILES string of the molecule is Cc1cccc(C(N)c2ccccc2OC(C)C)c1C. The third-order valence-electron chi connectivity index (χ3n) is 3.60. The monoisotopic (exact) mass is 269 g/mol. The van der Waals surface area contributed by atoms with Crippen LogP contribution in [0.25, 0.3) is 0 Å². The lowest BCUT2D eigenvalue weighted by atomic mass is 9.93. The smallest absolute Gasteiger partial charge is 0.124 e. The Morgan fingerprint density at radius 3 is 2.25 bits per heavy atom. The second-order valence-corrected chi connectivity index (χ2v) is 5.47. The van der Waals surface area contributed by atoms with E-state index in [1.807, 2.05) is 38.1 Å². The maximum Gasteiger partial charge on any atom is 0.124 e. The average Bonchev–Trinajstić information content (AvgIpc) is 2.41. The second kappa shape index (κ2) is 6.10. The van der Waals surface area contributed by atoms with Crippen LogP contribution in [0.1, 0.15) is 42.1 Å². The summed E-state index contributed by atoms with van der Waals surface area (Å²) in [7, 11) is 0. The minimum atomic E-state index is -0.162. The first-order chi connectivity index (χ1) is 9.50. The number of nitrogens with two attached hydrogens (primary N) is 1. The van der Waals surface area contributed by atoms with E-state index in [1.165, 1.54) is 11.1 Å². The summed E-state index contributed by atoms with van der Waals surface area (Å²) in [4.78, 5) is 0. The van der Waals surface area contributed by atoms with Gasteiger partial charge in [0, 0.05) is 5.56 Å². The molecule has 2 aromatic carbocycles. The van der Waals surface area contributed by atoms with Gasteiger partial charge in [0.05, 0.1) is 12.1 Å². The first-order valence-electron chi connectivity index (χ1n) is 7.08. The lowest BCUT2D eigenvalue weighted by Gasteiger charge is -2.21. The van der Waals surface area contributed by atoms with Gasteiger partial charge in [0.1, 0.15) is 5.75 Å². The molecule has 0 bridgehead atoms. The van der Waals surface area contributed by atoms with Gasteiger partial charge in [-0.05, 0) is 50.5 Å². The summed E-state index contributed by atoms with van der Waals surface area (Å²) < 4.78 is 5.88. The van der Waals surface area contributed by atoms with Crippen molar-refractivity contribution in [3.63, 3.8) is 0 Å². The molecule has 0 aromatic heterocycles. The molecule has 0 saturated heterocycles. The van der Waals surface area contributed by atoms with Gasteiger partial charge in [0.15, 0.2) is 0 Å². The standard InChI is InChI=1S/C18H23NO/c1-12(2)20-17-11-6-5-9-16(17)18(19)15-10-7-8-13(3)14(15)4/h5-12,18H,19H2,1-4H3. The van der Waals surface area contributed by atoms with Gasteiger partial charge < -0.3 is 10.5 Å². The van der Waals surface area contributed by atoms with Crippen LogP contribution in [0.3, 0.4) is 0 Å². The molecule has 20 heavy (non-hydrogen) atoms. The van der Waals surface area contributed by atoms with Crippen LogP contribution in [0.15, 0.2) is 42.5 Å². The number of ether oxygens (including phenoxy) is 1. The molecule has 0 spiro atoms. The van der Waals surface area contributed by atoms with Crippen LogP contribution < -0.4 is 10.5 Å². The Balaban J connectivity index is 2.43. The van der Waals surface area contributed by atoms with Crippen molar-refractivity contribution in [3.8, 4) is 5.75 Å². The molecule has 0 heterocycles. The number of para-hydroxylation sites is 1. The van der Waals surface area contributed by atoms with Crippen molar-refractivity contribution in [1.82, 2.24) is 0 Å². The van der Waals surface area contributed by atoms with Gasteiger partial charge in [-0.1, -0.05) is 36.4 Å². The first kappa shape index (κ1) is 14.6. The molecule has 2 heteroatoms. The molecule has 2 aromatic rings. The summed E-state index contributed by atoms with van der Waals surface area (Å²) in [6, 6.07) is 14.1. The van der Waals surface area contributed by atoms with E-state index in [2.05, 4.69) is 32.0 Å². The van der Waals surface area contributed by atoms with Crippen LogP contribution in [0.2, 0.25) is 0 Å². The number of benzene rings is 2. The zero-order chi connectivity index (χ0) is 14.7. The van der Waals surface area contributed by atoms with Crippen LogP contribution in [-0.2, 0) is 0 Å². The number of rotatable bonds is 4. The zero-order valence-electron chi connectivity index (χ0n) is 12.7. The highest BCUT2D eigenvalue weighted by molar-refractivity contribution is 5.45. The minimum Gasteiger partial charge on any atom is -0.491 e. The molecule has 2 N–H and O–H groups in total. The van der Waals surface area contributed by atoms with Crippen molar-refractivity contribution in [2.45, 2.75) is 39.8 Å². The fraction of sp³-hybridized carbons (Fsp3) is 0.333. The Hall–Kier alpha value is -1.80. The van der Waals surface area contributed by atoms with Gasteiger partial charge in [0.2, 0.25) is 0 Å². The third kappa shape index (κ3) is 3.02. The largest absolute Gasteiger partial charge is 0.491 e. The van der Waals surface area contributed by atoms with Crippen LogP contribution >= 0.6 is 0 Å². The Bertz CT molecular complexity index is 590. The quantitative estimate of drug-likeness (QED) is 0.905. The molecule has 0 aliphatic carbocycles. The van der Waals surface area contributed by atoms with Crippen LogP contribution in [0, 0.1) is 13.8 Å². The molecule has 2 nitrogen and oxygen atoms in total. The molecule has 0 saturated carbocycles. The highest BCUT2D eigenvalue weighted by Gasteiger charge is 2.16. The Morgan fingerprint density at radius 2 is 1.55 bits per heavy atom. The lowest BCUT2D eigenvalue weighted by Crippen LogP contribution is -2.16. The van der Waals surface area contributed by atoms with E-state index in [0.717, 1.165) is 16.9 Å². The van der Waals surface area contributed by atoms with Gasteiger partial charge in [0.25, 0.3) is 0 Å². The van der Waals surface area contributed by atoms with Gasteiger partial charge in [-0.3, -0.25) is 0 Å². The molecule has 0 amide bonds. The zero-order valence-corrected chi connectivity index (χ0v) is 12.7. The topological polar surface area (TPSA) is 35.2 Å². The van der Waals surface area contributed by atoms with Gasteiger partial charge in [-0.15, -0.1) is 0 Å². The number of hydrogen-bond donors (Lipinski definition) is 1. The predicted molar refractivity (Wildman–Crippen MR) is 84.2 cm³/mol. The fourth-order valence-electron chi connectivity index (χ4n) is 2.38. The summed E-state index contributed by atoms with van der Waals surface area (Å²) in [5.74, 6) is 0.871. The van der Waals surface area contributed by atoms with Crippen molar-refractivity contribution in [2.24, 2.45) is 5.73 Å². The van der Waals surface area contributed by atoms with Crippen molar-refractivity contribution < 1.29 is 4.74 Å². The van der Waals surface area contributed by atoms with Crippen LogP contribution in [0.5, 0.6) is 5.75 Å². The van der Waals surface area contributed by atoms with Gasteiger partial charge in [-0.2, -0.15) is 0 Å². The van der Waals surface area contributed by atoms with E-state index in [4.69, 9.17) is 10.5 Å².